The van der Waals surface area contributed by atoms with Crippen LogP contribution < -0.4 is 5.43 Å². The fraction of sp³-hybridized carbons (Fsp3) is 0.357. The Morgan fingerprint density at radius 1 is 1.25 bits per heavy atom. The highest BCUT2D eigenvalue weighted by molar-refractivity contribution is 6.35. The number of carbonyl (C=O) groups is 2. The van der Waals surface area contributed by atoms with E-state index in [0.717, 1.165) is 24.8 Å². The van der Waals surface area contributed by atoms with Crippen molar-refractivity contribution in [2.75, 3.05) is 13.1 Å². The minimum Gasteiger partial charge on any atom is -0.334 e. The number of rotatable bonds is 2. The third kappa shape index (κ3) is 4.06. The van der Waals surface area contributed by atoms with E-state index in [1.807, 2.05) is 0 Å². The number of piperidine rings is 1. The summed E-state index contributed by atoms with van der Waals surface area (Å²) in [7, 11) is 0. The Bertz CT molecular complexity index is 525. The lowest BCUT2D eigenvalue weighted by Crippen LogP contribution is -2.43. The summed E-state index contributed by atoms with van der Waals surface area (Å²) in [5.74, 6) is -1.22. The molecule has 1 aliphatic rings. The van der Waals surface area contributed by atoms with Crippen LogP contribution in [0.15, 0.2) is 29.4 Å². The van der Waals surface area contributed by atoms with Gasteiger partial charge in [0, 0.05) is 18.1 Å². The highest BCUT2D eigenvalue weighted by Crippen LogP contribution is 2.09. The largest absolute Gasteiger partial charge is 0.334 e. The molecule has 0 aromatic heterocycles. The molecule has 0 unspecified atom stereocenters. The molecule has 0 atom stereocenters. The lowest BCUT2D eigenvalue weighted by Gasteiger charge is -2.25. The van der Waals surface area contributed by atoms with Crippen LogP contribution in [0, 0.1) is 0 Å². The zero-order valence-corrected chi connectivity index (χ0v) is 11.8. The lowest BCUT2D eigenvalue weighted by atomic mass is 10.1. The maximum Gasteiger partial charge on any atom is 0.329 e. The van der Waals surface area contributed by atoms with Gasteiger partial charge in [-0.25, -0.2) is 5.43 Å². The lowest BCUT2D eigenvalue weighted by molar-refractivity contribution is -0.146. The smallest absolute Gasteiger partial charge is 0.329 e. The number of hydrazone groups is 1. The van der Waals surface area contributed by atoms with Crippen molar-refractivity contribution in [3.8, 4) is 0 Å². The zero-order valence-electron chi connectivity index (χ0n) is 11.0. The molecule has 1 N–H and O–H groups in total. The summed E-state index contributed by atoms with van der Waals surface area (Å²) < 4.78 is 0. The van der Waals surface area contributed by atoms with Gasteiger partial charge in [0.25, 0.3) is 0 Å². The number of likely N-dealkylation sites (tertiary alicyclic amines) is 1. The van der Waals surface area contributed by atoms with Crippen molar-refractivity contribution in [2.24, 2.45) is 5.10 Å². The standard InChI is InChI=1S/C14H16ClN3O2/c15-12-6-4-5-11(9-12)10-16-17-13(19)14(20)18-7-2-1-3-8-18/h4-6,9-10H,1-3,7-8H2,(H,17,19). The van der Waals surface area contributed by atoms with E-state index in [4.69, 9.17) is 11.6 Å². The predicted molar refractivity (Wildman–Crippen MR) is 77.6 cm³/mol. The Morgan fingerprint density at radius 3 is 2.70 bits per heavy atom. The third-order valence-corrected chi connectivity index (χ3v) is 3.30. The number of nitrogens with one attached hydrogen (secondary N) is 1. The normalized spacial score (nSPS) is 15.3. The molecule has 1 aromatic carbocycles. The Hall–Kier alpha value is -1.88. The highest BCUT2D eigenvalue weighted by atomic mass is 35.5. The minimum atomic E-state index is -0.704. The van der Waals surface area contributed by atoms with Gasteiger partial charge in [-0.3, -0.25) is 9.59 Å². The van der Waals surface area contributed by atoms with Crippen LogP contribution in [0.25, 0.3) is 0 Å². The van der Waals surface area contributed by atoms with Crippen LogP contribution in [0.1, 0.15) is 24.8 Å². The summed E-state index contributed by atoms with van der Waals surface area (Å²) in [5.41, 5.74) is 3.00. The first-order valence-corrected chi connectivity index (χ1v) is 6.92. The second-order valence-electron chi connectivity index (χ2n) is 4.61. The fourth-order valence-electron chi connectivity index (χ4n) is 2.04. The quantitative estimate of drug-likeness (QED) is 0.513. The number of hydrogen-bond donors (Lipinski definition) is 1. The monoisotopic (exact) mass is 293 g/mol. The maximum absolute atomic E-state index is 11.8. The van der Waals surface area contributed by atoms with Gasteiger partial charge in [0.05, 0.1) is 6.21 Å². The summed E-state index contributed by atoms with van der Waals surface area (Å²) in [5, 5.41) is 4.36. The van der Waals surface area contributed by atoms with Crippen LogP contribution in [0.3, 0.4) is 0 Å². The second kappa shape index (κ2) is 7.05. The topological polar surface area (TPSA) is 61.8 Å². The first kappa shape index (κ1) is 14.5. The van der Waals surface area contributed by atoms with Crippen LogP contribution >= 0.6 is 11.6 Å². The summed E-state index contributed by atoms with van der Waals surface area (Å²) in [6.07, 6.45) is 4.46. The van der Waals surface area contributed by atoms with E-state index in [1.165, 1.54) is 6.21 Å². The van der Waals surface area contributed by atoms with Gasteiger partial charge < -0.3 is 4.90 Å². The molecule has 1 aromatic rings. The number of carbonyl (C=O) groups excluding carboxylic acids is 2. The average Bonchev–Trinajstić information content (AvgIpc) is 2.47. The first-order valence-electron chi connectivity index (χ1n) is 6.55. The Balaban J connectivity index is 1.86. The number of amides is 2. The molecule has 2 rings (SSSR count). The van der Waals surface area contributed by atoms with Crippen LogP contribution in [0.4, 0.5) is 0 Å². The van der Waals surface area contributed by atoms with Gasteiger partial charge in [-0.2, -0.15) is 5.10 Å². The molecule has 0 spiro atoms. The van der Waals surface area contributed by atoms with Crippen LogP contribution in [-0.4, -0.2) is 36.0 Å². The molecule has 20 heavy (non-hydrogen) atoms. The Labute approximate surface area is 122 Å². The molecule has 2 amide bonds. The molecule has 0 aliphatic carbocycles. The summed E-state index contributed by atoms with van der Waals surface area (Å²) in [6, 6.07) is 7.04. The molecule has 1 saturated heterocycles. The highest BCUT2D eigenvalue weighted by Gasteiger charge is 2.22. The number of benzene rings is 1. The van der Waals surface area contributed by atoms with E-state index >= 15 is 0 Å². The van der Waals surface area contributed by atoms with Crippen LogP contribution in [-0.2, 0) is 9.59 Å². The molecule has 1 fully saturated rings. The van der Waals surface area contributed by atoms with E-state index in [-0.39, 0.29) is 0 Å². The summed E-state index contributed by atoms with van der Waals surface area (Å²) in [4.78, 5) is 25.0. The Kier molecular flexibility index (Phi) is 5.12. The molecule has 0 saturated carbocycles. The van der Waals surface area contributed by atoms with Crippen LogP contribution in [0.2, 0.25) is 5.02 Å². The maximum atomic E-state index is 11.8. The van der Waals surface area contributed by atoms with Gasteiger partial charge in [-0.15, -0.1) is 0 Å². The van der Waals surface area contributed by atoms with Crippen molar-refractivity contribution in [2.45, 2.75) is 19.3 Å². The van der Waals surface area contributed by atoms with Crippen molar-refractivity contribution < 1.29 is 9.59 Å². The Morgan fingerprint density at radius 2 is 2.00 bits per heavy atom. The van der Waals surface area contributed by atoms with E-state index in [9.17, 15) is 9.59 Å². The average molecular weight is 294 g/mol. The number of halogens is 1. The molecular weight excluding hydrogens is 278 g/mol. The molecule has 1 aliphatic heterocycles. The van der Waals surface area contributed by atoms with Crippen molar-refractivity contribution in [1.29, 1.82) is 0 Å². The van der Waals surface area contributed by atoms with Gasteiger partial charge in [0.2, 0.25) is 0 Å². The molecule has 0 radical (unpaired) electrons. The van der Waals surface area contributed by atoms with E-state index in [0.29, 0.717) is 18.1 Å². The predicted octanol–water partition coefficient (Wildman–Crippen LogP) is 1.80. The molecule has 6 heteroatoms. The molecule has 1 heterocycles. The van der Waals surface area contributed by atoms with Crippen molar-refractivity contribution in [1.82, 2.24) is 10.3 Å². The van der Waals surface area contributed by atoms with E-state index in [2.05, 4.69) is 10.5 Å². The second-order valence-corrected chi connectivity index (χ2v) is 5.04. The zero-order chi connectivity index (χ0) is 14.4. The van der Waals surface area contributed by atoms with Crippen molar-refractivity contribution in [3.05, 3.63) is 34.9 Å². The molecule has 0 bridgehead atoms. The van der Waals surface area contributed by atoms with Gasteiger partial charge >= 0.3 is 11.8 Å². The SMILES string of the molecule is O=C(NN=Cc1cccc(Cl)c1)C(=O)N1CCCCC1. The van der Waals surface area contributed by atoms with E-state index in [1.54, 1.807) is 29.2 Å². The van der Waals surface area contributed by atoms with Gasteiger partial charge in [0.1, 0.15) is 0 Å². The van der Waals surface area contributed by atoms with Crippen molar-refractivity contribution >= 4 is 29.6 Å². The van der Waals surface area contributed by atoms with Crippen molar-refractivity contribution in [3.63, 3.8) is 0 Å². The molecular formula is C14H16ClN3O2. The minimum absolute atomic E-state index is 0.520. The fourth-order valence-corrected chi connectivity index (χ4v) is 2.24. The first-order chi connectivity index (χ1) is 9.66. The summed E-state index contributed by atoms with van der Waals surface area (Å²) in [6.45, 7) is 1.29. The van der Waals surface area contributed by atoms with Crippen LogP contribution in [0.5, 0.6) is 0 Å². The van der Waals surface area contributed by atoms with Gasteiger partial charge in [-0.05, 0) is 37.0 Å². The third-order valence-electron chi connectivity index (χ3n) is 3.07. The van der Waals surface area contributed by atoms with Gasteiger partial charge in [0.15, 0.2) is 0 Å². The molecule has 106 valence electrons. The van der Waals surface area contributed by atoms with Gasteiger partial charge in [-0.1, -0.05) is 23.7 Å². The molecule has 5 nitrogen and oxygen atoms in total. The number of hydrogen-bond acceptors (Lipinski definition) is 3. The summed E-state index contributed by atoms with van der Waals surface area (Å²) >= 11 is 5.83. The number of nitrogens with zero attached hydrogens (tertiary/aromatic N) is 2. The van der Waals surface area contributed by atoms with E-state index < -0.39 is 11.8 Å².